The van der Waals surface area contributed by atoms with Crippen LogP contribution >= 0.6 is 11.3 Å². The Labute approximate surface area is 131 Å². The minimum Gasteiger partial charge on any atom is -0.368 e. The van der Waals surface area contributed by atoms with E-state index in [1.165, 1.54) is 0 Å². The number of rotatable bonds is 7. The number of carbonyl (C=O) groups excluding carboxylic acids is 1. The standard InChI is InChI=1S/C13H20F3N3O2S/c1-7(2)6-21-10(8(3)4)11(20)17-12-19-18-9(22-12)5-13(14,15)16/h7-8,10H,5-6H2,1-4H3,(H,17,19,20). The number of carbonyl (C=O) groups is 1. The second kappa shape index (κ2) is 7.87. The van der Waals surface area contributed by atoms with E-state index in [1.807, 2.05) is 27.7 Å². The van der Waals surface area contributed by atoms with E-state index in [2.05, 4.69) is 15.5 Å². The van der Waals surface area contributed by atoms with Crippen molar-refractivity contribution in [1.29, 1.82) is 0 Å². The molecule has 126 valence electrons. The Hall–Kier alpha value is -1.22. The van der Waals surface area contributed by atoms with Crippen molar-refractivity contribution in [3.8, 4) is 0 Å². The molecule has 0 aliphatic heterocycles. The number of hydrogen-bond donors (Lipinski definition) is 1. The fourth-order valence-corrected chi connectivity index (χ4v) is 2.36. The fourth-order valence-electron chi connectivity index (χ4n) is 1.59. The number of halogens is 3. The van der Waals surface area contributed by atoms with Crippen LogP contribution in [0.2, 0.25) is 0 Å². The highest BCUT2D eigenvalue weighted by Gasteiger charge is 2.30. The van der Waals surface area contributed by atoms with Gasteiger partial charge in [-0.1, -0.05) is 39.0 Å². The third-order valence-electron chi connectivity index (χ3n) is 2.52. The van der Waals surface area contributed by atoms with Crippen LogP contribution in [0.5, 0.6) is 0 Å². The maximum Gasteiger partial charge on any atom is 0.395 e. The lowest BCUT2D eigenvalue weighted by atomic mass is 10.1. The van der Waals surface area contributed by atoms with Crippen molar-refractivity contribution < 1.29 is 22.7 Å². The van der Waals surface area contributed by atoms with Gasteiger partial charge in [0.25, 0.3) is 5.91 Å². The summed E-state index contributed by atoms with van der Waals surface area (Å²) in [5.41, 5.74) is 0. The van der Waals surface area contributed by atoms with Crippen LogP contribution < -0.4 is 5.32 Å². The minimum atomic E-state index is -4.35. The Balaban J connectivity index is 2.65. The van der Waals surface area contributed by atoms with E-state index in [-0.39, 0.29) is 22.0 Å². The fraction of sp³-hybridized carbons (Fsp3) is 0.769. The van der Waals surface area contributed by atoms with Crippen molar-refractivity contribution in [1.82, 2.24) is 10.2 Å². The quantitative estimate of drug-likeness (QED) is 0.828. The predicted molar refractivity (Wildman–Crippen MR) is 77.7 cm³/mol. The predicted octanol–water partition coefficient (Wildman–Crippen LogP) is 3.28. The Kier molecular flexibility index (Phi) is 6.73. The first-order chi connectivity index (χ1) is 10.1. The number of amides is 1. The summed E-state index contributed by atoms with van der Waals surface area (Å²) in [4.78, 5) is 12.1. The summed E-state index contributed by atoms with van der Waals surface area (Å²) < 4.78 is 42.3. The minimum absolute atomic E-state index is 0.0445. The molecular formula is C13H20F3N3O2S. The van der Waals surface area contributed by atoms with E-state index >= 15 is 0 Å². The lowest BCUT2D eigenvalue weighted by molar-refractivity contribution is -0.131. The molecule has 0 saturated heterocycles. The van der Waals surface area contributed by atoms with E-state index in [1.54, 1.807) is 0 Å². The molecule has 1 amide bonds. The van der Waals surface area contributed by atoms with E-state index in [9.17, 15) is 18.0 Å². The Morgan fingerprint density at radius 1 is 1.27 bits per heavy atom. The lowest BCUT2D eigenvalue weighted by Gasteiger charge is -2.21. The van der Waals surface area contributed by atoms with Crippen molar-refractivity contribution in [2.75, 3.05) is 11.9 Å². The number of nitrogens with one attached hydrogen (secondary N) is 1. The average Bonchev–Trinajstić information content (AvgIpc) is 2.73. The molecule has 0 bridgehead atoms. The van der Waals surface area contributed by atoms with E-state index in [0.29, 0.717) is 17.9 Å². The van der Waals surface area contributed by atoms with Gasteiger partial charge in [-0.25, -0.2) is 0 Å². The number of hydrogen-bond acceptors (Lipinski definition) is 5. The second-order valence-corrected chi connectivity index (χ2v) is 6.74. The third-order valence-corrected chi connectivity index (χ3v) is 3.36. The van der Waals surface area contributed by atoms with Crippen LogP contribution in [0.15, 0.2) is 0 Å². The molecule has 1 atom stereocenters. The van der Waals surface area contributed by atoms with Crippen LogP contribution in [-0.2, 0) is 16.0 Å². The first-order valence-electron chi connectivity index (χ1n) is 6.90. The third kappa shape index (κ3) is 6.69. The number of anilines is 1. The van der Waals surface area contributed by atoms with E-state index in [4.69, 9.17) is 4.74 Å². The first-order valence-corrected chi connectivity index (χ1v) is 7.71. The molecule has 1 heterocycles. The van der Waals surface area contributed by atoms with Gasteiger partial charge in [0, 0.05) is 6.61 Å². The molecule has 22 heavy (non-hydrogen) atoms. The van der Waals surface area contributed by atoms with Gasteiger partial charge in [-0.2, -0.15) is 13.2 Å². The molecular weight excluding hydrogens is 319 g/mol. The van der Waals surface area contributed by atoms with Crippen molar-refractivity contribution >= 4 is 22.4 Å². The van der Waals surface area contributed by atoms with Crippen LogP contribution in [0.1, 0.15) is 32.7 Å². The van der Waals surface area contributed by atoms with Crippen LogP contribution in [0, 0.1) is 11.8 Å². The number of nitrogens with zero attached hydrogens (tertiary/aromatic N) is 2. The summed E-state index contributed by atoms with van der Waals surface area (Å²) in [6, 6.07) is 0. The van der Waals surface area contributed by atoms with Crippen LogP contribution in [-0.4, -0.2) is 35.0 Å². The average molecular weight is 339 g/mol. The van der Waals surface area contributed by atoms with Crippen LogP contribution in [0.4, 0.5) is 18.3 Å². The maximum atomic E-state index is 12.3. The summed E-state index contributed by atoms with van der Waals surface area (Å²) in [6.07, 6.45) is -6.18. The molecule has 9 heteroatoms. The van der Waals surface area contributed by atoms with Crippen molar-refractivity contribution in [2.45, 2.75) is 46.4 Å². The lowest BCUT2D eigenvalue weighted by Crippen LogP contribution is -2.35. The zero-order chi connectivity index (χ0) is 16.9. The summed E-state index contributed by atoms with van der Waals surface area (Å²) in [7, 11) is 0. The van der Waals surface area contributed by atoms with Crippen LogP contribution in [0.25, 0.3) is 0 Å². The molecule has 0 radical (unpaired) electrons. The van der Waals surface area contributed by atoms with Gasteiger partial charge in [0.2, 0.25) is 5.13 Å². The normalized spacial score (nSPS) is 13.7. The van der Waals surface area contributed by atoms with E-state index < -0.39 is 24.6 Å². The smallest absolute Gasteiger partial charge is 0.368 e. The molecule has 1 aromatic heterocycles. The molecule has 0 fully saturated rings. The largest absolute Gasteiger partial charge is 0.395 e. The van der Waals surface area contributed by atoms with Crippen molar-refractivity contribution in [2.24, 2.45) is 11.8 Å². The molecule has 0 saturated carbocycles. The Morgan fingerprint density at radius 3 is 2.41 bits per heavy atom. The molecule has 0 aliphatic rings. The van der Waals surface area contributed by atoms with Gasteiger partial charge in [0.1, 0.15) is 11.1 Å². The molecule has 5 nitrogen and oxygen atoms in total. The molecule has 1 rings (SSSR count). The number of alkyl halides is 3. The topological polar surface area (TPSA) is 64.1 Å². The van der Waals surface area contributed by atoms with Gasteiger partial charge in [-0.15, -0.1) is 10.2 Å². The molecule has 0 spiro atoms. The number of aromatic nitrogens is 2. The Bertz CT molecular complexity index is 489. The molecule has 1 N–H and O–H groups in total. The van der Waals surface area contributed by atoms with Crippen molar-refractivity contribution in [3.05, 3.63) is 5.01 Å². The van der Waals surface area contributed by atoms with Gasteiger partial charge in [-0.05, 0) is 11.8 Å². The summed E-state index contributed by atoms with van der Waals surface area (Å²) in [6.45, 7) is 8.01. The highest BCUT2D eigenvalue weighted by atomic mass is 32.1. The summed E-state index contributed by atoms with van der Waals surface area (Å²) >= 11 is 0.712. The van der Waals surface area contributed by atoms with Gasteiger partial charge in [0.05, 0.1) is 6.42 Å². The van der Waals surface area contributed by atoms with Gasteiger partial charge < -0.3 is 4.74 Å². The number of ether oxygens (including phenoxy) is 1. The highest BCUT2D eigenvalue weighted by molar-refractivity contribution is 7.15. The first kappa shape index (κ1) is 18.8. The van der Waals surface area contributed by atoms with E-state index in [0.717, 1.165) is 0 Å². The zero-order valence-corrected chi connectivity index (χ0v) is 13.7. The summed E-state index contributed by atoms with van der Waals surface area (Å²) in [5, 5.41) is 9.31. The molecule has 1 unspecified atom stereocenters. The van der Waals surface area contributed by atoms with Crippen molar-refractivity contribution in [3.63, 3.8) is 0 Å². The molecule has 0 aromatic carbocycles. The SMILES string of the molecule is CC(C)COC(C(=O)Nc1nnc(CC(F)(F)F)s1)C(C)C. The van der Waals surface area contributed by atoms with Gasteiger partial charge in [-0.3, -0.25) is 10.1 Å². The van der Waals surface area contributed by atoms with Gasteiger partial charge in [0.15, 0.2) is 0 Å². The van der Waals surface area contributed by atoms with Crippen LogP contribution in [0.3, 0.4) is 0 Å². The molecule has 0 aliphatic carbocycles. The monoisotopic (exact) mass is 339 g/mol. The maximum absolute atomic E-state index is 12.3. The highest BCUT2D eigenvalue weighted by Crippen LogP contribution is 2.25. The second-order valence-electron chi connectivity index (χ2n) is 5.67. The molecule has 1 aromatic rings. The summed E-state index contributed by atoms with van der Waals surface area (Å²) in [5.74, 6) is -0.222. The Morgan fingerprint density at radius 2 is 1.91 bits per heavy atom. The zero-order valence-electron chi connectivity index (χ0n) is 12.9. The van der Waals surface area contributed by atoms with Gasteiger partial charge >= 0.3 is 6.18 Å².